The van der Waals surface area contributed by atoms with Crippen LogP contribution in [0.25, 0.3) is 11.0 Å². The van der Waals surface area contributed by atoms with Crippen molar-refractivity contribution in [3.63, 3.8) is 0 Å². The van der Waals surface area contributed by atoms with E-state index in [0.29, 0.717) is 38.6 Å². The van der Waals surface area contributed by atoms with Gasteiger partial charge >= 0.3 is 5.69 Å². The number of amides is 2. The van der Waals surface area contributed by atoms with Gasteiger partial charge in [-0.3, -0.25) is 18.7 Å². The van der Waals surface area contributed by atoms with Crippen molar-refractivity contribution in [2.75, 3.05) is 33.3 Å². The van der Waals surface area contributed by atoms with E-state index in [-0.39, 0.29) is 29.3 Å². The van der Waals surface area contributed by atoms with Crippen LogP contribution in [0.2, 0.25) is 0 Å². The van der Waals surface area contributed by atoms with Crippen LogP contribution in [-0.4, -0.2) is 64.0 Å². The third-order valence-corrected chi connectivity index (χ3v) is 7.82. The Morgan fingerprint density at radius 3 is 1.94 bits per heavy atom. The van der Waals surface area contributed by atoms with Crippen LogP contribution in [0.15, 0.2) is 23.0 Å². The smallest absolute Gasteiger partial charge is 0.328 e. The maximum atomic E-state index is 13.1. The molecule has 1 saturated heterocycles. The quantitative estimate of drug-likeness (QED) is 0.694. The number of carbonyl (C=O) groups excluding carboxylic acids is 2. The molecule has 0 N–H and O–H groups in total. The maximum Gasteiger partial charge on any atom is 0.328 e. The van der Waals surface area contributed by atoms with Gasteiger partial charge in [0.2, 0.25) is 11.8 Å². The van der Waals surface area contributed by atoms with E-state index in [0.717, 1.165) is 55.3 Å². The molecular formula is C25H34N4O4. The van der Waals surface area contributed by atoms with Crippen molar-refractivity contribution in [3.8, 4) is 5.75 Å². The number of hydrogen-bond donors (Lipinski definition) is 0. The topological polar surface area (TPSA) is 76.8 Å². The Labute approximate surface area is 194 Å². The number of nitrogens with zero attached hydrogens (tertiary/aromatic N) is 4. The standard InChI is InChI=1S/C25H34N4O4/c1-26-21-10-9-20(33-2)15-22(21)29(25(26)32)16-17-3-5-18(6-4-17)23(30)27-11-13-28(14-12-27)24(31)19-7-8-19/h9-10,15,17-19H,3-8,11-14,16H2,1-2H3. The van der Waals surface area contributed by atoms with E-state index in [1.54, 1.807) is 18.7 Å². The molecule has 0 spiro atoms. The van der Waals surface area contributed by atoms with Gasteiger partial charge in [-0.05, 0) is 56.6 Å². The predicted molar refractivity (Wildman–Crippen MR) is 125 cm³/mol. The van der Waals surface area contributed by atoms with Crippen molar-refractivity contribution in [1.29, 1.82) is 0 Å². The summed E-state index contributed by atoms with van der Waals surface area (Å²) >= 11 is 0. The summed E-state index contributed by atoms with van der Waals surface area (Å²) in [7, 11) is 3.44. The van der Waals surface area contributed by atoms with Gasteiger partial charge in [0.25, 0.3) is 0 Å². The van der Waals surface area contributed by atoms with Gasteiger partial charge in [0.1, 0.15) is 5.75 Å². The molecule has 2 aromatic rings. The molecular weight excluding hydrogens is 420 g/mol. The monoisotopic (exact) mass is 454 g/mol. The molecule has 1 aliphatic heterocycles. The molecule has 33 heavy (non-hydrogen) atoms. The van der Waals surface area contributed by atoms with Gasteiger partial charge in [0.15, 0.2) is 0 Å². The molecule has 8 heteroatoms. The average Bonchev–Trinajstić information content (AvgIpc) is 3.68. The first-order valence-corrected chi connectivity index (χ1v) is 12.3. The number of benzene rings is 1. The second kappa shape index (κ2) is 8.88. The van der Waals surface area contributed by atoms with Crippen molar-refractivity contribution in [2.24, 2.45) is 24.8 Å². The fraction of sp³-hybridized carbons (Fsp3) is 0.640. The van der Waals surface area contributed by atoms with Crippen LogP contribution in [0.5, 0.6) is 5.75 Å². The van der Waals surface area contributed by atoms with E-state index in [1.165, 1.54) is 0 Å². The number of aromatic nitrogens is 2. The fourth-order valence-corrected chi connectivity index (χ4v) is 5.54. The summed E-state index contributed by atoms with van der Waals surface area (Å²) in [5, 5.41) is 0. The highest BCUT2D eigenvalue weighted by molar-refractivity contribution is 5.82. The van der Waals surface area contributed by atoms with Gasteiger partial charge < -0.3 is 14.5 Å². The molecule has 0 unspecified atom stereocenters. The minimum Gasteiger partial charge on any atom is -0.497 e. The second-order valence-electron chi connectivity index (χ2n) is 9.95. The summed E-state index contributed by atoms with van der Waals surface area (Å²) in [6.45, 7) is 3.33. The van der Waals surface area contributed by atoms with E-state index in [4.69, 9.17) is 4.74 Å². The lowest BCUT2D eigenvalue weighted by Crippen LogP contribution is -2.52. The zero-order valence-corrected chi connectivity index (χ0v) is 19.7. The maximum absolute atomic E-state index is 13.1. The van der Waals surface area contributed by atoms with Gasteiger partial charge in [-0.1, -0.05) is 0 Å². The van der Waals surface area contributed by atoms with E-state index < -0.39 is 0 Å². The molecule has 0 radical (unpaired) electrons. The molecule has 2 amide bonds. The van der Waals surface area contributed by atoms with Crippen molar-refractivity contribution < 1.29 is 14.3 Å². The van der Waals surface area contributed by atoms with Crippen LogP contribution in [-0.2, 0) is 23.2 Å². The van der Waals surface area contributed by atoms with Crippen LogP contribution < -0.4 is 10.4 Å². The summed E-state index contributed by atoms with van der Waals surface area (Å²) in [5.41, 5.74) is 1.80. The number of carbonyl (C=O) groups is 2. The van der Waals surface area contributed by atoms with E-state index in [9.17, 15) is 14.4 Å². The highest BCUT2D eigenvalue weighted by Crippen LogP contribution is 2.33. The first kappa shape index (κ1) is 22.0. The van der Waals surface area contributed by atoms with Crippen LogP contribution in [0.1, 0.15) is 38.5 Å². The normalized spacial score (nSPS) is 23.7. The molecule has 2 heterocycles. The van der Waals surface area contributed by atoms with Crippen molar-refractivity contribution in [1.82, 2.24) is 18.9 Å². The highest BCUT2D eigenvalue weighted by atomic mass is 16.5. The van der Waals surface area contributed by atoms with Gasteiger partial charge in [0, 0.05) is 57.7 Å². The number of rotatable bonds is 5. The summed E-state index contributed by atoms with van der Waals surface area (Å²) in [5.74, 6) is 1.98. The Hall–Kier alpha value is -2.77. The molecule has 0 bridgehead atoms. The largest absolute Gasteiger partial charge is 0.497 e. The Morgan fingerprint density at radius 1 is 0.879 bits per heavy atom. The first-order chi connectivity index (χ1) is 16.0. The first-order valence-electron chi connectivity index (χ1n) is 12.3. The number of imidazole rings is 1. The fourth-order valence-electron chi connectivity index (χ4n) is 5.54. The Morgan fingerprint density at radius 2 is 1.42 bits per heavy atom. The van der Waals surface area contributed by atoms with Gasteiger partial charge in [-0.2, -0.15) is 0 Å². The third-order valence-electron chi connectivity index (χ3n) is 7.82. The Bertz CT molecular complexity index is 1100. The summed E-state index contributed by atoms with van der Waals surface area (Å²) in [6.07, 6.45) is 5.69. The molecule has 0 atom stereocenters. The molecule has 2 saturated carbocycles. The lowest BCUT2D eigenvalue weighted by molar-refractivity contribution is -0.143. The lowest BCUT2D eigenvalue weighted by Gasteiger charge is -2.38. The van der Waals surface area contributed by atoms with Crippen molar-refractivity contribution in [2.45, 2.75) is 45.1 Å². The SMILES string of the molecule is COc1ccc2c(c1)n(CC1CCC(C(=O)N3CCN(C(=O)C4CC4)CC3)CC1)c(=O)n2C. The van der Waals surface area contributed by atoms with E-state index in [2.05, 4.69) is 0 Å². The van der Waals surface area contributed by atoms with Crippen LogP contribution in [0, 0.1) is 17.8 Å². The minimum atomic E-state index is -0.00457. The molecule has 3 aliphatic rings. The number of aryl methyl sites for hydroxylation is 1. The Balaban J connectivity index is 1.17. The number of piperazine rings is 1. The third kappa shape index (κ3) is 4.27. The second-order valence-corrected chi connectivity index (χ2v) is 9.95. The molecule has 3 fully saturated rings. The Kier molecular flexibility index (Phi) is 5.93. The highest BCUT2D eigenvalue weighted by Gasteiger charge is 2.36. The summed E-state index contributed by atoms with van der Waals surface area (Å²) in [6, 6.07) is 5.74. The van der Waals surface area contributed by atoms with Gasteiger partial charge in [-0.25, -0.2) is 4.79 Å². The molecule has 5 rings (SSSR count). The number of ether oxygens (including phenoxy) is 1. The van der Waals surface area contributed by atoms with Crippen LogP contribution in [0.3, 0.4) is 0 Å². The van der Waals surface area contributed by atoms with Crippen molar-refractivity contribution in [3.05, 3.63) is 28.7 Å². The van der Waals surface area contributed by atoms with Gasteiger partial charge in [-0.15, -0.1) is 0 Å². The minimum absolute atomic E-state index is 0.00457. The number of fused-ring (bicyclic) bond motifs is 1. The summed E-state index contributed by atoms with van der Waals surface area (Å²) < 4.78 is 8.91. The average molecular weight is 455 g/mol. The predicted octanol–water partition coefficient (Wildman–Crippen LogP) is 2.24. The number of hydrogen-bond acceptors (Lipinski definition) is 4. The van der Waals surface area contributed by atoms with E-state index >= 15 is 0 Å². The van der Waals surface area contributed by atoms with Gasteiger partial charge in [0.05, 0.1) is 18.1 Å². The molecule has 1 aromatic carbocycles. The zero-order valence-electron chi connectivity index (χ0n) is 19.7. The van der Waals surface area contributed by atoms with Crippen LogP contribution in [0.4, 0.5) is 0 Å². The van der Waals surface area contributed by atoms with Crippen LogP contribution >= 0.6 is 0 Å². The molecule has 1 aromatic heterocycles. The summed E-state index contributed by atoms with van der Waals surface area (Å²) in [4.78, 5) is 42.1. The number of methoxy groups -OCH3 is 1. The lowest BCUT2D eigenvalue weighted by atomic mass is 9.81. The van der Waals surface area contributed by atoms with E-state index in [1.807, 2.05) is 32.6 Å². The zero-order chi connectivity index (χ0) is 23.1. The molecule has 178 valence electrons. The molecule has 2 aliphatic carbocycles. The molecule has 8 nitrogen and oxygen atoms in total. The van der Waals surface area contributed by atoms with Crippen molar-refractivity contribution >= 4 is 22.8 Å².